The van der Waals surface area contributed by atoms with Crippen molar-refractivity contribution in [3.8, 4) is 10.4 Å². The first kappa shape index (κ1) is 20.5. The molecule has 28 heavy (non-hydrogen) atoms. The van der Waals surface area contributed by atoms with Crippen LogP contribution in [0.15, 0.2) is 59.5 Å². The Labute approximate surface area is 173 Å². The average Bonchev–Trinajstić information content (AvgIpc) is 3.14. The van der Waals surface area contributed by atoms with Crippen molar-refractivity contribution in [3.05, 3.63) is 70.1 Å². The number of carbonyl (C=O) groups excluding carboxylic acids is 1. The summed E-state index contributed by atoms with van der Waals surface area (Å²) >= 11 is 7.28. The molecule has 1 amide bonds. The van der Waals surface area contributed by atoms with Gasteiger partial charge in [0.25, 0.3) is 5.91 Å². The Morgan fingerprint density at radius 3 is 2.36 bits per heavy atom. The lowest BCUT2D eigenvalue weighted by molar-refractivity contribution is 0.103. The Morgan fingerprint density at radius 2 is 1.71 bits per heavy atom. The molecule has 0 aliphatic heterocycles. The minimum absolute atomic E-state index is 0.131. The largest absolute Gasteiger partial charge is 0.321 e. The van der Waals surface area contributed by atoms with Crippen molar-refractivity contribution in [2.75, 3.05) is 19.4 Å². The van der Waals surface area contributed by atoms with Gasteiger partial charge in [-0.1, -0.05) is 29.8 Å². The van der Waals surface area contributed by atoms with Gasteiger partial charge in [0.2, 0.25) is 10.0 Å². The lowest BCUT2D eigenvalue weighted by atomic mass is 10.2. The van der Waals surface area contributed by atoms with E-state index in [1.165, 1.54) is 37.6 Å². The van der Waals surface area contributed by atoms with Crippen molar-refractivity contribution < 1.29 is 13.2 Å². The fourth-order valence-corrected chi connectivity index (χ4v) is 4.48. The molecule has 0 fully saturated rings. The Hall–Kier alpha value is -2.19. The summed E-state index contributed by atoms with van der Waals surface area (Å²) in [6, 6.07) is 15.7. The van der Waals surface area contributed by atoms with Gasteiger partial charge >= 0.3 is 0 Å². The molecule has 0 aliphatic rings. The van der Waals surface area contributed by atoms with E-state index in [1.807, 2.05) is 25.1 Å². The van der Waals surface area contributed by atoms with Crippen LogP contribution in [-0.4, -0.2) is 32.7 Å². The van der Waals surface area contributed by atoms with Crippen LogP contribution in [0.4, 0.5) is 5.69 Å². The number of nitrogens with one attached hydrogen (secondary N) is 1. The summed E-state index contributed by atoms with van der Waals surface area (Å²) in [7, 11) is -0.639. The van der Waals surface area contributed by atoms with E-state index in [0.29, 0.717) is 15.6 Å². The molecule has 1 heterocycles. The van der Waals surface area contributed by atoms with E-state index in [4.69, 9.17) is 11.6 Å². The number of amides is 1. The second-order valence-electron chi connectivity index (χ2n) is 6.39. The molecule has 0 radical (unpaired) electrons. The van der Waals surface area contributed by atoms with Gasteiger partial charge in [0.15, 0.2) is 0 Å². The van der Waals surface area contributed by atoms with Crippen molar-refractivity contribution in [2.45, 2.75) is 11.8 Å². The van der Waals surface area contributed by atoms with Crippen LogP contribution in [0.3, 0.4) is 0 Å². The van der Waals surface area contributed by atoms with E-state index in [2.05, 4.69) is 5.32 Å². The summed E-state index contributed by atoms with van der Waals surface area (Å²) in [6.45, 7) is 1.81. The van der Waals surface area contributed by atoms with Crippen molar-refractivity contribution in [1.82, 2.24) is 4.31 Å². The molecule has 0 aliphatic carbocycles. The highest BCUT2D eigenvalue weighted by molar-refractivity contribution is 7.89. The van der Waals surface area contributed by atoms with Gasteiger partial charge in [-0.3, -0.25) is 4.79 Å². The topological polar surface area (TPSA) is 66.5 Å². The number of sulfonamides is 1. The normalized spacial score (nSPS) is 11.6. The van der Waals surface area contributed by atoms with Gasteiger partial charge < -0.3 is 5.32 Å². The standard InChI is InChI=1S/C20H19ClN2O3S2/c1-13-4-9-16(28(25,26)23(2)3)12-17(13)22-20(24)19-11-10-18(27-19)14-5-7-15(21)8-6-14/h4-12H,1-3H3,(H,22,24). The number of hydrogen-bond acceptors (Lipinski definition) is 4. The fraction of sp³-hybridized carbons (Fsp3) is 0.150. The molecule has 2 aromatic carbocycles. The third kappa shape index (κ3) is 4.28. The molecule has 0 atom stereocenters. The van der Waals surface area contributed by atoms with Crippen LogP contribution in [0.25, 0.3) is 10.4 Å². The zero-order valence-electron chi connectivity index (χ0n) is 15.6. The van der Waals surface area contributed by atoms with Gasteiger partial charge in [-0.05, 0) is 54.4 Å². The maximum absolute atomic E-state index is 12.7. The number of carbonyl (C=O) groups is 1. The second-order valence-corrected chi connectivity index (χ2v) is 10.1. The molecule has 0 unspecified atom stereocenters. The number of anilines is 1. The SMILES string of the molecule is Cc1ccc(S(=O)(=O)N(C)C)cc1NC(=O)c1ccc(-c2ccc(Cl)cc2)s1. The van der Waals surface area contributed by atoms with Crippen molar-refractivity contribution in [3.63, 3.8) is 0 Å². The summed E-state index contributed by atoms with van der Waals surface area (Å²) in [5.41, 5.74) is 2.22. The van der Waals surface area contributed by atoms with Crippen LogP contribution in [0.5, 0.6) is 0 Å². The average molecular weight is 435 g/mol. The lowest BCUT2D eigenvalue weighted by Gasteiger charge is -2.14. The number of thiophene rings is 1. The molecule has 1 N–H and O–H groups in total. The van der Waals surface area contributed by atoms with Crippen LogP contribution in [0, 0.1) is 6.92 Å². The molecule has 8 heteroatoms. The molecule has 5 nitrogen and oxygen atoms in total. The summed E-state index contributed by atoms with van der Waals surface area (Å²) < 4.78 is 25.8. The molecular formula is C20H19ClN2O3S2. The van der Waals surface area contributed by atoms with E-state index in [1.54, 1.807) is 24.3 Å². The van der Waals surface area contributed by atoms with Gasteiger partial charge in [-0.2, -0.15) is 0 Å². The van der Waals surface area contributed by atoms with Gasteiger partial charge in [0.05, 0.1) is 9.77 Å². The number of benzene rings is 2. The van der Waals surface area contributed by atoms with E-state index in [-0.39, 0.29) is 10.8 Å². The summed E-state index contributed by atoms with van der Waals surface area (Å²) in [4.78, 5) is 14.3. The van der Waals surface area contributed by atoms with Crippen LogP contribution in [0.1, 0.15) is 15.2 Å². The van der Waals surface area contributed by atoms with E-state index < -0.39 is 10.0 Å². The van der Waals surface area contributed by atoms with Gasteiger partial charge in [0, 0.05) is 29.7 Å². The molecular weight excluding hydrogens is 416 g/mol. The predicted molar refractivity (Wildman–Crippen MR) is 115 cm³/mol. The maximum Gasteiger partial charge on any atom is 0.265 e. The first-order chi connectivity index (χ1) is 13.2. The fourth-order valence-electron chi connectivity index (χ4n) is 2.52. The Balaban J connectivity index is 1.85. The number of aryl methyl sites for hydroxylation is 1. The third-order valence-electron chi connectivity index (χ3n) is 4.19. The quantitative estimate of drug-likeness (QED) is 0.622. The van der Waals surface area contributed by atoms with E-state index >= 15 is 0 Å². The smallest absolute Gasteiger partial charge is 0.265 e. The Bertz CT molecular complexity index is 1120. The molecule has 0 bridgehead atoms. The highest BCUT2D eigenvalue weighted by atomic mass is 35.5. The van der Waals surface area contributed by atoms with Crippen molar-refractivity contribution in [2.24, 2.45) is 0 Å². The van der Waals surface area contributed by atoms with Gasteiger partial charge in [0.1, 0.15) is 0 Å². The molecule has 3 rings (SSSR count). The highest BCUT2D eigenvalue weighted by Crippen LogP contribution is 2.30. The molecule has 0 saturated carbocycles. The van der Waals surface area contributed by atoms with Crippen LogP contribution in [0.2, 0.25) is 5.02 Å². The summed E-state index contributed by atoms with van der Waals surface area (Å²) in [5, 5.41) is 3.47. The van der Waals surface area contributed by atoms with Crippen LogP contribution in [-0.2, 0) is 10.0 Å². The van der Waals surface area contributed by atoms with Gasteiger partial charge in [-0.25, -0.2) is 12.7 Å². The highest BCUT2D eigenvalue weighted by Gasteiger charge is 2.19. The number of rotatable bonds is 5. The van der Waals surface area contributed by atoms with Crippen molar-refractivity contribution >= 4 is 44.6 Å². The van der Waals surface area contributed by atoms with Gasteiger partial charge in [-0.15, -0.1) is 11.3 Å². The first-order valence-electron chi connectivity index (χ1n) is 8.39. The number of nitrogens with zero attached hydrogens (tertiary/aromatic N) is 1. The first-order valence-corrected chi connectivity index (χ1v) is 11.0. The minimum Gasteiger partial charge on any atom is -0.321 e. The van der Waals surface area contributed by atoms with E-state index in [0.717, 1.165) is 20.3 Å². The Morgan fingerprint density at radius 1 is 1.04 bits per heavy atom. The lowest BCUT2D eigenvalue weighted by Crippen LogP contribution is -2.22. The molecule has 0 spiro atoms. The third-order valence-corrected chi connectivity index (χ3v) is 7.39. The maximum atomic E-state index is 12.7. The van der Waals surface area contributed by atoms with E-state index in [9.17, 15) is 13.2 Å². The summed E-state index contributed by atoms with van der Waals surface area (Å²) in [6.07, 6.45) is 0. The number of hydrogen-bond donors (Lipinski definition) is 1. The monoisotopic (exact) mass is 434 g/mol. The van der Waals surface area contributed by atoms with Crippen LogP contribution >= 0.6 is 22.9 Å². The summed E-state index contributed by atoms with van der Waals surface area (Å²) in [5.74, 6) is -0.285. The molecule has 3 aromatic rings. The second kappa shape index (κ2) is 8.05. The molecule has 0 saturated heterocycles. The zero-order valence-corrected chi connectivity index (χ0v) is 18.0. The minimum atomic E-state index is -3.58. The molecule has 1 aromatic heterocycles. The predicted octanol–water partition coefficient (Wildman–Crippen LogP) is 4.88. The number of halogens is 1. The van der Waals surface area contributed by atoms with Crippen LogP contribution < -0.4 is 5.32 Å². The Kier molecular flexibility index (Phi) is 5.90. The van der Waals surface area contributed by atoms with Crippen molar-refractivity contribution in [1.29, 1.82) is 0 Å². The molecule has 146 valence electrons. The zero-order chi connectivity index (χ0) is 20.5.